The number of carbonyl (C=O) groups is 1. The first-order valence-corrected chi connectivity index (χ1v) is 18.5. The molecule has 2 atom stereocenters. The van der Waals surface area contributed by atoms with Crippen molar-refractivity contribution in [3.63, 3.8) is 0 Å². The number of sulfonamides is 1. The van der Waals surface area contributed by atoms with Crippen molar-refractivity contribution >= 4 is 36.8 Å². The highest BCUT2D eigenvalue weighted by atomic mass is 32.3. The molecule has 1 aliphatic rings. The van der Waals surface area contributed by atoms with Gasteiger partial charge in [0.1, 0.15) is 6.04 Å². The summed E-state index contributed by atoms with van der Waals surface area (Å²) in [6, 6.07) is 43.4. The van der Waals surface area contributed by atoms with Gasteiger partial charge in [-0.3, -0.25) is 4.79 Å². The van der Waals surface area contributed by atoms with Gasteiger partial charge in [-0.05, 0) is 46.0 Å². The molecule has 0 aliphatic carbocycles. The molecule has 2 unspecified atom stereocenters. The first-order valence-electron chi connectivity index (χ1n) is 14.8. The highest BCUT2D eigenvalue weighted by molar-refractivity contribution is 8.32. The van der Waals surface area contributed by atoms with Crippen molar-refractivity contribution in [1.29, 1.82) is 0 Å². The molecule has 0 amide bonds. The van der Waals surface area contributed by atoms with Gasteiger partial charge in [0.05, 0.1) is 12.0 Å². The molecule has 44 heavy (non-hydrogen) atoms. The predicted molar refractivity (Wildman–Crippen MR) is 180 cm³/mol. The summed E-state index contributed by atoms with van der Waals surface area (Å²) in [7, 11) is -4.29. The van der Waals surface area contributed by atoms with Crippen LogP contribution in [0.25, 0.3) is 10.8 Å². The third-order valence-corrected chi connectivity index (χ3v) is 15.0. The largest absolute Gasteiger partial charge is 0.468 e. The molecule has 5 aromatic rings. The molecule has 6 rings (SSSR count). The summed E-state index contributed by atoms with van der Waals surface area (Å²) < 4.78 is 35.4. The molecule has 0 N–H and O–H groups in total. The highest BCUT2D eigenvalue weighted by Crippen LogP contribution is 2.63. The highest BCUT2D eigenvalue weighted by Gasteiger charge is 2.50. The lowest BCUT2D eigenvalue weighted by atomic mass is 10.1. The number of carbonyl (C=O) groups excluding carboxylic acids is 1. The standard InChI is InChI=1S/C37H37NO4S2/c1-42-37(39)36-24-35(25-38(36)44(40,41)34-22-21-32-19-11-12-20-33(32)23-34)43(26-29-13-5-2-6-14-29,27-30-15-7-3-8-16-30)28-31-17-9-4-10-18-31/h2-23,35-36H,24-28H2,1H3. The van der Waals surface area contributed by atoms with Gasteiger partial charge in [-0.15, -0.1) is 0 Å². The van der Waals surface area contributed by atoms with Crippen molar-refractivity contribution in [2.24, 2.45) is 0 Å². The topological polar surface area (TPSA) is 63.7 Å². The minimum absolute atomic E-state index is 0.0394. The molecule has 226 valence electrons. The predicted octanol–water partition coefficient (Wildman–Crippen LogP) is 7.55. The van der Waals surface area contributed by atoms with E-state index in [1.165, 1.54) is 28.1 Å². The van der Waals surface area contributed by atoms with Gasteiger partial charge in [0, 0.05) is 29.1 Å². The Hall–Kier alpha value is -3.91. The molecule has 0 radical (unpaired) electrons. The van der Waals surface area contributed by atoms with Crippen molar-refractivity contribution in [3.05, 3.63) is 150 Å². The smallest absolute Gasteiger partial charge is 0.324 e. The van der Waals surface area contributed by atoms with Crippen LogP contribution >= 0.6 is 10.0 Å². The number of fused-ring (bicyclic) bond motifs is 1. The number of ether oxygens (including phenoxy) is 1. The average Bonchev–Trinajstić information content (AvgIpc) is 3.53. The van der Waals surface area contributed by atoms with Crippen LogP contribution in [0.5, 0.6) is 0 Å². The van der Waals surface area contributed by atoms with Gasteiger partial charge in [0.15, 0.2) is 0 Å². The second kappa shape index (κ2) is 13.0. The molecular weight excluding hydrogens is 587 g/mol. The van der Waals surface area contributed by atoms with Crippen molar-refractivity contribution < 1.29 is 17.9 Å². The summed E-state index contributed by atoms with van der Waals surface area (Å²) in [6.07, 6.45) is 0.418. The lowest BCUT2D eigenvalue weighted by molar-refractivity contribution is -0.144. The summed E-state index contributed by atoms with van der Waals surface area (Å²) in [5.41, 5.74) is 3.67. The number of methoxy groups -OCH3 is 1. The zero-order valence-corrected chi connectivity index (χ0v) is 26.4. The van der Waals surface area contributed by atoms with Crippen LogP contribution in [0.15, 0.2) is 138 Å². The van der Waals surface area contributed by atoms with Crippen LogP contribution in [0.2, 0.25) is 0 Å². The Morgan fingerprint density at radius 2 is 1.16 bits per heavy atom. The Morgan fingerprint density at radius 1 is 0.682 bits per heavy atom. The van der Waals surface area contributed by atoms with E-state index in [9.17, 15) is 13.2 Å². The molecule has 0 spiro atoms. The fourth-order valence-corrected chi connectivity index (χ4v) is 12.8. The van der Waals surface area contributed by atoms with Gasteiger partial charge in [0.25, 0.3) is 0 Å². The van der Waals surface area contributed by atoms with Gasteiger partial charge in [-0.2, -0.15) is 4.31 Å². The van der Waals surface area contributed by atoms with Gasteiger partial charge >= 0.3 is 5.97 Å². The maximum absolute atomic E-state index is 14.4. The Bertz CT molecular complexity index is 1730. The van der Waals surface area contributed by atoms with Crippen LogP contribution in [0.4, 0.5) is 0 Å². The Morgan fingerprint density at radius 3 is 1.66 bits per heavy atom. The first kappa shape index (κ1) is 30.1. The number of nitrogens with zero attached hydrogens (tertiary/aromatic N) is 1. The summed E-state index contributed by atoms with van der Waals surface area (Å²) in [4.78, 5) is 13.5. The Labute approximate surface area is 261 Å². The third kappa shape index (κ3) is 6.32. The molecule has 5 nitrogen and oxygen atoms in total. The van der Waals surface area contributed by atoms with Crippen molar-refractivity contribution in [2.75, 3.05) is 13.7 Å². The second-order valence-corrected chi connectivity index (χ2v) is 17.1. The lowest BCUT2D eigenvalue weighted by Gasteiger charge is -2.46. The molecule has 7 heteroatoms. The Kier molecular flexibility index (Phi) is 8.89. The zero-order chi connectivity index (χ0) is 30.6. The molecule has 1 heterocycles. The molecule has 5 aromatic carbocycles. The van der Waals surface area contributed by atoms with E-state index in [4.69, 9.17) is 4.74 Å². The fourth-order valence-electron chi connectivity index (χ4n) is 6.44. The van der Waals surface area contributed by atoms with E-state index in [1.807, 2.05) is 48.5 Å². The monoisotopic (exact) mass is 623 g/mol. The summed E-state index contributed by atoms with van der Waals surface area (Å²) in [5, 5.41) is 1.77. The molecule has 0 bridgehead atoms. The maximum atomic E-state index is 14.4. The van der Waals surface area contributed by atoms with Crippen LogP contribution in [-0.2, 0) is 36.8 Å². The minimum atomic E-state index is -4.00. The molecular formula is C37H37NO4S2. The van der Waals surface area contributed by atoms with Crippen LogP contribution in [-0.4, -0.2) is 43.6 Å². The quantitative estimate of drug-likeness (QED) is 0.151. The van der Waals surface area contributed by atoms with Crippen molar-refractivity contribution in [1.82, 2.24) is 4.31 Å². The molecule has 0 aromatic heterocycles. The number of hydrogen-bond acceptors (Lipinski definition) is 4. The normalized spacial score (nSPS) is 17.8. The number of benzene rings is 5. The lowest BCUT2D eigenvalue weighted by Crippen LogP contribution is -2.41. The van der Waals surface area contributed by atoms with Crippen LogP contribution < -0.4 is 0 Å². The van der Waals surface area contributed by atoms with E-state index in [1.54, 1.807) is 12.1 Å². The second-order valence-electron chi connectivity index (χ2n) is 11.5. The van der Waals surface area contributed by atoms with E-state index in [0.717, 1.165) is 28.0 Å². The molecule has 0 saturated carbocycles. The molecule has 1 saturated heterocycles. The van der Waals surface area contributed by atoms with Gasteiger partial charge in [-0.1, -0.05) is 121 Å². The summed E-state index contributed by atoms with van der Waals surface area (Å²) in [6.45, 7) is 0.261. The van der Waals surface area contributed by atoms with Gasteiger partial charge < -0.3 is 4.74 Å². The summed E-state index contributed by atoms with van der Waals surface area (Å²) >= 11 is 0. The number of rotatable bonds is 10. The maximum Gasteiger partial charge on any atom is 0.324 e. The zero-order valence-electron chi connectivity index (χ0n) is 24.8. The minimum Gasteiger partial charge on any atom is -0.468 e. The van der Waals surface area contributed by atoms with E-state index in [0.29, 0.717) is 6.42 Å². The van der Waals surface area contributed by atoms with E-state index < -0.39 is 32.1 Å². The van der Waals surface area contributed by atoms with Gasteiger partial charge in [-0.25, -0.2) is 18.4 Å². The van der Waals surface area contributed by atoms with E-state index in [2.05, 4.69) is 72.8 Å². The number of esters is 1. The molecule has 1 aliphatic heterocycles. The van der Waals surface area contributed by atoms with Crippen LogP contribution in [0, 0.1) is 0 Å². The summed E-state index contributed by atoms with van der Waals surface area (Å²) in [5.74, 6) is 1.95. The average molecular weight is 624 g/mol. The van der Waals surface area contributed by atoms with Gasteiger partial charge in [0.2, 0.25) is 10.0 Å². The number of hydrogen-bond donors (Lipinski definition) is 0. The third-order valence-electron chi connectivity index (χ3n) is 8.62. The SMILES string of the molecule is COC(=O)C1CC(S(Cc2ccccc2)(Cc2ccccc2)Cc2ccccc2)CN1S(=O)(=O)c1ccc2ccccc2c1. The fraction of sp³-hybridized carbons (Fsp3) is 0.216. The van der Waals surface area contributed by atoms with Crippen LogP contribution in [0.3, 0.4) is 0 Å². The first-order chi connectivity index (χ1) is 21.4. The van der Waals surface area contributed by atoms with Crippen LogP contribution in [0.1, 0.15) is 23.1 Å². The van der Waals surface area contributed by atoms with E-state index >= 15 is 0 Å². The molecule has 1 fully saturated rings. The van der Waals surface area contributed by atoms with Crippen molar-refractivity contribution in [2.45, 2.75) is 39.9 Å². The Balaban J connectivity index is 1.46. The van der Waals surface area contributed by atoms with Crippen molar-refractivity contribution in [3.8, 4) is 0 Å². The van der Waals surface area contributed by atoms with E-state index in [-0.39, 0.29) is 16.7 Å².